The lowest BCUT2D eigenvalue weighted by molar-refractivity contribution is 0.104. The molecule has 3 aromatic rings. The summed E-state index contributed by atoms with van der Waals surface area (Å²) in [4.78, 5) is 12.6. The summed E-state index contributed by atoms with van der Waals surface area (Å²) in [7, 11) is 0. The maximum Gasteiger partial charge on any atom is 0.203 e. The Morgan fingerprint density at radius 2 is 1.71 bits per heavy atom. The number of nitrogens with zero attached hydrogens (tertiary/aromatic N) is 1. The fraction of sp³-hybridized carbons (Fsp3) is 0.0435. The third-order valence-electron chi connectivity index (χ3n) is 4.01. The Bertz CT molecular complexity index is 1070. The summed E-state index contributed by atoms with van der Waals surface area (Å²) in [5.74, 6) is 0.137. The van der Waals surface area contributed by atoms with Crippen LogP contribution in [0.3, 0.4) is 0 Å². The van der Waals surface area contributed by atoms with Crippen LogP contribution in [0.5, 0.6) is 5.75 Å². The van der Waals surface area contributed by atoms with Crippen LogP contribution in [0.25, 0.3) is 6.08 Å². The lowest BCUT2D eigenvalue weighted by Gasteiger charge is -2.11. The van der Waals surface area contributed by atoms with E-state index in [-0.39, 0.29) is 18.0 Å². The summed E-state index contributed by atoms with van der Waals surface area (Å²) in [5.41, 5.74) is 1.81. The number of rotatable bonds is 6. The zero-order valence-corrected chi connectivity index (χ0v) is 16.2. The van der Waals surface area contributed by atoms with Gasteiger partial charge in [0.25, 0.3) is 0 Å². The Morgan fingerprint density at radius 3 is 2.43 bits per heavy atom. The van der Waals surface area contributed by atoms with Crippen LogP contribution in [0.15, 0.2) is 78.4 Å². The Kier molecular flexibility index (Phi) is 6.49. The first-order valence-electron chi connectivity index (χ1n) is 8.46. The molecular formula is C23H15Cl2NO2. The van der Waals surface area contributed by atoms with Gasteiger partial charge in [-0.2, -0.15) is 5.26 Å². The minimum absolute atomic E-state index is 0.00365. The second-order valence-corrected chi connectivity index (χ2v) is 6.77. The predicted molar refractivity (Wildman–Crippen MR) is 112 cm³/mol. The van der Waals surface area contributed by atoms with Gasteiger partial charge in [0.15, 0.2) is 0 Å². The molecule has 138 valence electrons. The minimum atomic E-state index is -0.361. The van der Waals surface area contributed by atoms with Crippen LogP contribution < -0.4 is 4.74 Å². The van der Waals surface area contributed by atoms with Crippen molar-refractivity contribution in [1.82, 2.24) is 0 Å². The summed E-state index contributed by atoms with van der Waals surface area (Å²) in [6, 6.07) is 23.0. The molecule has 0 unspecified atom stereocenters. The molecule has 0 aliphatic rings. The van der Waals surface area contributed by atoms with Gasteiger partial charge in [-0.05, 0) is 30.3 Å². The fourth-order valence-corrected chi connectivity index (χ4v) is 2.95. The number of ether oxygens (including phenoxy) is 1. The van der Waals surface area contributed by atoms with Crippen molar-refractivity contribution in [2.45, 2.75) is 6.61 Å². The highest BCUT2D eigenvalue weighted by molar-refractivity contribution is 6.31. The van der Waals surface area contributed by atoms with Gasteiger partial charge in [-0.3, -0.25) is 4.79 Å². The third kappa shape index (κ3) is 4.80. The van der Waals surface area contributed by atoms with E-state index in [1.807, 2.05) is 30.3 Å². The van der Waals surface area contributed by atoms with Crippen LogP contribution in [0.1, 0.15) is 21.5 Å². The van der Waals surface area contributed by atoms with Crippen molar-refractivity contribution in [1.29, 1.82) is 5.26 Å². The molecule has 0 amide bonds. The number of carbonyl (C=O) groups is 1. The lowest BCUT2D eigenvalue weighted by atomic mass is 10.0. The molecule has 0 aliphatic carbocycles. The van der Waals surface area contributed by atoms with Gasteiger partial charge in [0.05, 0.1) is 0 Å². The van der Waals surface area contributed by atoms with Gasteiger partial charge in [-0.15, -0.1) is 0 Å². The molecule has 3 aromatic carbocycles. The summed E-state index contributed by atoms with van der Waals surface area (Å²) in [5, 5.41) is 10.6. The van der Waals surface area contributed by atoms with E-state index in [0.29, 0.717) is 26.9 Å². The van der Waals surface area contributed by atoms with E-state index in [0.717, 1.165) is 5.56 Å². The minimum Gasteiger partial charge on any atom is -0.488 e. The lowest BCUT2D eigenvalue weighted by Crippen LogP contribution is -2.02. The van der Waals surface area contributed by atoms with E-state index in [2.05, 4.69) is 0 Å². The van der Waals surface area contributed by atoms with Crippen molar-refractivity contribution in [3.8, 4) is 11.8 Å². The Balaban J connectivity index is 1.91. The molecule has 0 atom stereocenters. The van der Waals surface area contributed by atoms with Gasteiger partial charge >= 0.3 is 0 Å². The van der Waals surface area contributed by atoms with E-state index >= 15 is 0 Å². The smallest absolute Gasteiger partial charge is 0.203 e. The van der Waals surface area contributed by atoms with E-state index in [1.165, 1.54) is 6.08 Å². The second-order valence-electron chi connectivity index (χ2n) is 5.93. The Morgan fingerprint density at radius 1 is 1.00 bits per heavy atom. The molecule has 0 heterocycles. The van der Waals surface area contributed by atoms with Crippen LogP contribution in [0, 0.1) is 11.3 Å². The van der Waals surface area contributed by atoms with Gasteiger partial charge in [0, 0.05) is 26.7 Å². The van der Waals surface area contributed by atoms with Crippen molar-refractivity contribution >= 4 is 35.1 Å². The maximum absolute atomic E-state index is 12.6. The molecule has 3 rings (SSSR count). The predicted octanol–water partition coefficient (Wildman–Crippen LogP) is 6.36. The van der Waals surface area contributed by atoms with Crippen molar-refractivity contribution < 1.29 is 9.53 Å². The van der Waals surface area contributed by atoms with Gasteiger partial charge in [-0.1, -0.05) is 71.7 Å². The van der Waals surface area contributed by atoms with Crippen molar-refractivity contribution in [3.05, 3.63) is 105 Å². The van der Waals surface area contributed by atoms with Crippen LogP contribution in [-0.4, -0.2) is 5.78 Å². The first-order valence-corrected chi connectivity index (χ1v) is 9.21. The normalized spacial score (nSPS) is 11.0. The third-order valence-corrected chi connectivity index (χ3v) is 4.62. The van der Waals surface area contributed by atoms with Gasteiger partial charge in [-0.25, -0.2) is 0 Å². The number of halogens is 2. The number of benzene rings is 3. The van der Waals surface area contributed by atoms with Gasteiger partial charge < -0.3 is 4.74 Å². The van der Waals surface area contributed by atoms with Crippen molar-refractivity contribution in [2.75, 3.05) is 0 Å². The van der Waals surface area contributed by atoms with Crippen molar-refractivity contribution in [2.24, 2.45) is 0 Å². The average Bonchev–Trinajstić information content (AvgIpc) is 2.72. The molecule has 0 fully saturated rings. The van der Waals surface area contributed by atoms with Crippen LogP contribution >= 0.6 is 23.2 Å². The molecule has 0 bridgehead atoms. The highest BCUT2D eigenvalue weighted by Gasteiger charge is 2.14. The fourth-order valence-electron chi connectivity index (χ4n) is 2.58. The number of hydrogen-bond donors (Lipinski definition) is 0. The van der Waals surface area contributed by atoms with Crippen LogP contribution in [0.4, 0.5) is 0 Å². The van der Waals surface area contributed by atoms with Crippen molar-refractivity contribution in [3.63, 3.8) is 0 Å². The molecule has 0 saturated heterocycles. The number of allylic oxidation sites excluding steroid dienone is 1. The summed E-state index contributed by atoms with van der Waals surface area (Å²) < 4.78 is 5.88. The van der Waals surface area contributed by atoms with Gasteiger partial charge in [0.2, 0.25) is 5.78 Å². The van der Waals surface area contributed by atoms with Gasteiger partial charge in [0.1, 0.15) is 24.0 Å². The number of ketones is 1. The standard InChI is InChI=1S/C23H15Cl2NO2/c24-20-10-11-22(28-15-17-8-4-5-9-21(17)25)18(13-20)12-19(14-26)23(27)16-6-2-1-3-7-16/h1-13H,15H2/b19-12+. The molecule has 28 heavy (non-hydrogen) atoms. The summed E-state index contributed by atoms with van der Waals surface area (Å²) in [6.45, 7) is 0.247. The molecule has 0 N–H and O–H groups in total. The highest BCUT2D eigenvalue weighted by Crippen LogP contribution is 2.27. The largest absolute Gasteiger partial charge is 0.488 e. The SMILES string of the molecule is N#C/C(=C\c1cc(Cl)ccc1OCc1ccccc1Cl)C(=O)c1ccccc1. The zero-order chi connectivity index (χ0) is 19.9. The molecular weight excluding hydrogens is 393 g/mol. The van der Waals surface area contributed by atoms with E-state index in [4.69, 9.17) is 27.9 Å². The quantitative estimate of drug-likeness (QED) is 0.271. The molecule has 0 aliphatic heterocycles. The molecule has 0 aromatic heterocycles. The number of carbonyl (C=O) groups excluding carboxylic acids is 1. The van der Waals surface area contributed by atoms with E-state index in [9.17, 15) is 10.1 Å². The Hall–Kier alpha value is -3.06. The first kappa shape index (κ1) is 19.7. The monoisotopic (exact) mass is 407 g/mol. The zero-order valence-electron chi connectivity index (χ0n) is 14.7. The molecule has 3 nitrogen and oxygen atoms in total. The molecule has 0 spiro atoms. The van der Waals surface area contributed by atoms with Crippen LogP contribution in [0.2, 0.25) is 10.0 Å². The van der Waals surface area contributed by atoms with E-state index < -0.39 is 0 Å². The number of hydrogen-bond acceptors (Lipinski definition) is 3. The van der Waals surface area contributed by atoms with Crippen LogP contribution in [-0.2, 0) is 6.61 Å². The second kappa shape index (κ2) is 9.23. The average molecular weight is 408 g/mol. The maximum atomic E-state index is 12.6. The molecule has 0 saturated carbocycles. The topological polar surface area (TPSA) is 50.1 Å². The first-order chi connectivity index (χ1) is 13.6. The summed E-state index contributed by atoms with van der Waals surface area (Å²) in [6.07, 6.45) is 1.49. The molecule has 0 radical (unpaired) electrons. The number of nitriles is 1. The van der Waals surface area contributed by atoms with E-state index in [1.54, 1.807) is 48.5 Å². The Labute approximate surface area is 173 Å². The highest BCUT2D eigenvalue weighted by atomic mass is 35.5. The summed E-state index contributed by atoms with van der Waals surface area (Å²) >= 11 is 12.3. The molecule has 5 heteroatoms. The number of Topliss-reactive ketones (excluding diaryl/α,β-unsaturated/α-hetero) is 1.